The smallest absolute Gasteiger partial charge is 0.326 e. The summed E-state index contributed by atoms with van der Waals surface area (Å²) in [4.78, 5) is 24.1. The van der Waals surface area contributed by atoms with E-state index in [1.165, 1.54) is 17.7 Å². The number of ether oxygens (including phenoxy) is 1. The fourth-order valence-electron chi connectivity index (χ4n) is 2.81. The number of rotatable bonds is 5. The zero-order chi connectivity index (χ0) is 14.5. The summed E-state index contributed by atoms with van der Waals surface area (Å²) in [6.45, 7) is 0.852. The molecule has 0 bridgehead atoms. The van der Waals surface area contributed by atoms with Crippen LogP contribution in [0.1, 0.15) is 32.1 Å². The molecule has 0 aromatic heterocycles. The van der Waals surface area contributed by atoms with Crippen molar-refractivity contribution in [2.24, 2.45) is 0 Å². The van der Waals surface area contributed by atoms with Crippen molar-refractivity contribution in [2.45, 2.75) is 50.4 Å². The van der Waals surface area contributed by atoms with E-state index in [1.54, 1.807) is 0 Å². The number of nitrogens with zero attached hydrogens (tertiary/aromatic N) is 1. The molecule has 7 nitrogen and oxygen atoms in total. The number of aliphatic hydroxyl groups excluding tert-OH is 1. The molecule has 114 valence electrons. The average molecular weight is 286 g/mol. The van der Waals surface area contributed by atoms with Crippen LogP contribution in [0.2, 0.25) is 0 Å². The lowest BCUT2D eigenvalue weighted by Gasteiger charge is -2.21. The summed E-state index contributed by atoms with van der Waals surface area (Å²) in [7, 11) is 0. The minimum atomic E-state index is -1.08. The van der Waals surface area contributed by atoms with Crippen LogP contribution in [0.5, 0.6) is 0 Å². The molecule has 2 unspecified atom stereocenters. The summed E-state index contributed by atoms with van der Waals surface area (Å²) in [5, 5.41) is 21.1. The first-order valence-corrected chi connectivity index (χ1v) is 7.15. The molecule has 0 spiro atoms. The van der Waals surface area contributed by atoms with Crippen molar-refractivity contribution in [2.75, 3.05) is 19.7 Å². The molecular weight excluding hydrogens is 264 g/mol. The number of carbonyl (C=O) groups is 2. The first kappa shape index (κ1) is 15.1. The zero-order valence-electron chi connectivity index (χ0n) is 11.5. The van der Waals surface area contributed by atoms with Crippen LogP contribution in [-0.2, 0) is 9.53 Å². The summed E-state index contributed by atoms with van der Waals surface area (Å²) in [6, 6.07) is -1.40. The number of urea groups is 1. The van der Waals surface area contributed by atoms with Gasteiger partial charge in [0.2, 0.25) is 0 Å². The number of carbonyl (C=O) groups excluding carboxylic acids is 1. The molecule has 1 aliphatic heterocycles. The molecule has 7 heteroatoms. The Morgan fingerprint density at radius 3 is 2.65 bits per heavy atom. The second-order valence-corrected chi connectivity index (χ2v) is 5.41. The van der Waals surface area contributed by atoms with Gasteiger partial charge in [0.25, 0.3) is 0 Å². The van der Waals surface area contributed by atoms with Gasteiger partial charge in [0, 0.05) is 19.5 Å². The van der Waals surface area contributed by atoms with Gasteiger partial charge in [-0.25, -0.2) is 9.59 Å². The average Bonchev–Trinajstić information content (AvgIpc) is 3.03. The largest absolute Gasteiger partial charge is 0.480 e. The third-order valence-electron chi connectivity index (χ3n) is 3.86. The highest BCUT2D eigenvalue weighted by Crippen LogP contribution is 2.20. The Kier molecular flexibility index (Phi) is 5.19. The first-order chi connectivity index (χ1) is 9.58. The van der Waals surface area contributed by atoms with E-state index < -0.39 is 24.1 Å². The van der Waals surface area contributed by atoms with Gasteiger partial charge in [-0.05, 0) is 12.8 Å². The van der Waals surface area contributed by atoms with Gasteiger partial charge in [-0.15, -0.1) is 0 Å². The van der Waals surface area contributed by atoms with Crippen LogP contribution in [0.15, 0.2) is 0 Å². The molecular formula is C13H22N2O5. The van der Waals surface area contributed by atoms with Crippen LogP contribution in [0.25, 0.3) is 0 Å². The van der Waals surface area contributed by atoms with Crippen LogP contribution >= 0.6 is 0 Å². The molecule has 2 amide bonds. The molecule has 2 rings (SSSR count). The minimum Gasteiger partial charge on any atom is -0.480 e. The van der Waals surface area contributed by atoms with Gasteiger partial charge in [0.05, 0.1) is 18.8 Å². The summed E-state index contributed by atoms with van der Waals surface area (Å²) >= 11 is 0. The summed E-state index contributed by atoms with van der Waals surface area (Å²) in [6.07, 6.45) is 4.16. The van der Waals surface area contributed by atoms with E-state index in [9.17, 15) is 14.7 Å². The van der Waals surface area contributed by atoms with Gasteiger partial charge in [0.1, 0.15) is 6.04 Å². The topological polar surface area (TPSA) is 99.1 Å². The number of carboxylic acid groups (broad SMARTS) is 1. The minimum absolute atomic E-state index is 0.0618. The van der Waals surface area contributed by atoms with E-state index in [1.807, 2.05) is 0 Å². The van der Waals surface area contributed by atoms with E-state index in [0.717, 1.165) is 12.8 Å². The van der Waals surface area contributed by atoms with E-state index >= 15 is 0 Å². The normalized spacial score (nSPS) is 26.9. The molecule has 0 aromatic rings. The molecule has 0 aromatic carbocycles. The fraction of sp³-hybridized carbons (Fsp3) is 0.846. The van der Waals surface area contributed by atoms with Crippen molar-refractivity contribution in [1.82, 2.24) is 10.2 Å². The molecule has 1 saturated carbocycles. The van der Waals surface area contributed by atoms with Gasteiger partial charge in [-0.1, -0.05) is 12.8 Å². The van der Waals surface area contributed by atoms with Crippen molar-refractivity contribution in [3.63, 3.8) is 0 Å². The van der Waals surface area contributed by atoms with E-state index in [-0.39, 0.29) is 13.0 Å². The number of β-amino-alcohol motifs (C(OH)–C–C–N with tert-alkyl or cyclic N) is 1. The Morgan fingerprint density at radius 1 is 1.30 bits per heavy atom. The van der Waals surface area contributed by atoms with Crippen molar-refractivity contribution in [3.05, 3.63) is 0 Å². The molecule has 0 radical (unpaired) electrons. The van der Waals surface area contributed by atoms with Gasteiger partial charge in [0.15, 0.2) is 0 Å². The monoisotopic (exact) mass is 286 g/mol. The quantitative estimate of drug-likeness (QED) is 0.626. The van der Waals surface area contributed by atoms with Crippen LogP contribution in [0.4, 0.5) is 4.79 Å². The van der Waals surface area contributed by atoms with Gasteiger partial charge < -0.3 is 25.2 Å². The Morgan fingerprint density at radius 2 is 2.00 bits per heavy atom. The van der Waals surface area contributed by atoms with Crippen LogP contribution in [0.3, 0.4) is 0 Å². The van der Waals surface area contributed by atoms with Crippen molar-refractivity contribution < 1.29 is 24.5 Å². The second kappa shape index (κ2) is 6.90. The van der Waals surface area contributed by atoms with Crippen molar-refractivity contribution in [3.8, 4) is 0 Å². The maximum atomic E-state index is 11.9. The Balaban J connectivity index is 1.69. The number of aliphatic carboxylic acids is 1. The molecule has 1 saturated heterocycles. The highest BCUT2D eigenvalue weighted by molar-refractivity contribution is 5.83. The van der Waals surface area contributed by atoms with E-state index in [4.69, 9.17) is 9.84 Å². The number of nitrogens with one attached hydrogen (secondary N) is 1. The zero-order valence-corrected chi connectivity index (χ0v) is 11.5. The van der Waals surface area contributed by atoms with Crippen LogP contribution in [0, 0.1) is 0 Å². The second-order valence-electron chi connectivity index (χ2n) is 5.41. The molecule has 2 atom stereocenters. The maximum absolute atomic E-state index is 11.9. The van der Waals surface area contributed by atoms with Gasteiger partial charge >= 0.3 is 12.0 Å². The van der Waals surface area contributed by atoms with Gasteiger partial charge in [-0.2, -0.15) is 0 Å². The van der Waals surface area contributed by atoms with E-state index in [0.29, 0.717) is 19.3 Å². The number of hydrogen-bond donors (Lipinski definition) is 3. The van der Waals surface area contributed by atoms with Crippen molar-refractivity contribution in [1.29, 1.82) is 0 Å². The highest BCUT2D eigenvalue weighted by atomic mass is 16.5. The number of carboxylic acids is 1. The third kappa shape index (κ3) is 3.83. The number of likely N-dealkylation sites (tertiary alicyclic amines) is 1. The SMILES string of the molecule is O=C(O)C1CC(O)CN1C(=O)NCCOC1CCCC1. The van der Waals surface area contributed by atoms with Crippen LogP contribution < -0.4 is 5.32 Å². The number of hydrogen-bond acceptors (Lipinski definition) is 4. The standard InChI is InChI=1S/C13H22N2O5/c16-9-7-11(12(17)18)15(8-9)13(19)14-5-6-20-10-3-1-2-4-10/h9-11,16H,1-8H2,(H,14,19)(H,17,18). The lowest BCUT2D eigenvalue weighted by molar-refractivity contribution is -0.141. The molecule has 2 fully saturated rings. The van der Waals surface area contributed by atoms with Crippen molar-refractivity contribution >= 4 is 12.0 Å². The molecule has 1 heterocycles. The van der Waals surface area contributed by atoms with E-state index in [2.05, 4.69) is 5.32 Å². The summed E-state index contributed by atoms with van der Waals surface area (Å²) < 4.78 is 5.61. The first-order valence-electron chi connectivity index (χ1n) is 7.15. The fourth-order valence-corrected chi connectivity index (χ4v) is 2.81. The number of aliphatic hydroxyl groups is 1. The van der Waals surface area contributed by atoms with Crippen LogP contribution in [-0.4, -0.2) is 65.1 Å². The summed E-state index contributed by atoms with van der Waals surface area (Å²) in [5.41, 5.74) is 0. The number of amides is 2. The van der Waals surface area contributed by atoms with Gasteiger partial charge in [-0.3, -0.25) is 0 Å². The molecule has 1 aliphatic carbocycles. The Bertz CT molecular complexity index is 357. The molecule has 2 aliphatic rings. The maximum Gasteiger partial charge on any atom is 0.326 e. The predicted octanol–water partition coefficient (Wildman–Crippen LogP) is 0.175. The summed E-state index contributed by atoms with van der Waals surface area (Å²) in [5.74, 6) is -1.08. The lowest BCUT2D eigenvalue weighted by atomic mass is 10.2. The highest BCUT2D eigenvalue weighted by Gasteiger charge is 2.38. The molecule has 3 N–H and O–H groups in total. The Labute approximate surface area is 117 Å². The Hall–Kier alpha value is -1.34. The lowest BCUT2D eigenvalue weighted by Crippen LogP contribution is -2.47. The molecule has 20 heavy (non-hydrogen) atoms. The third-order valence-corrected chi connectivity index (χ3v) is 3.86. The predicted molar refractivity (Wildman–Crippen MR) is 70.4 cm³/mol.